The maximum atomic E-state index is 12.2. The normalized spacial score (nSPS) is 10.4. The molecule has 0 unspecified atom stereocenters. The van der Waals surface area contributed by atoms with E-state index in [1.54, 1.807) is 49.6 Å². The highest BCUT2D eigenvalue weighted by molar-refractivity contribution is 6.03. The van der Waals surface area contributed by atoms with Crippen molar-refractivity contribution in [1.82, 2.24) is 4.98 Å². The molecule has 0 aliphatic carbocycles. The number of rotatable bonds is 4. The Bertz CT molecular complexity index is 900. The zero-order valence-electron chi connectivity index (χ0n) is 13.1. The third-order valence-electron chi connectivity index (χ3n) is 3.28. The molecule has 0 aliphatic rings. The minimum absolute atomic E-state index is 0.0887. The lowest BCUT2D eigenvalue weighted by Crippen LogP contribution is -2.11. The summed E-state index contributed by atoms with van der Waals surface area (Å²) in [5, 5.41) is 5.26. The topological polar surface area (TPSA) is 93.5 Å². The number of methoxy groups -OCH3 is 1. The van der Waals surface area contributed by atoms with Crippen molar-refractivity contribution in [1.29, 1.82) is 0 Å². The zero-order valence-corrected chi connectivity index (χ0v) is 13.1. The smallest absolute Gasteiger partial charge is 0.302 e. The van der Waals surface area contributed by atoms with E-state index in [-0.39, 0.29) is 17.8 Å². The maximum Gasteiger partial charge on any atom is 0.302 e. The van der Waals surface area contributed by atoms with Crippen LogP contribution in [0, 0.1) is 0 Å². The molecule has 2 N–H and O–H groups in total. The molecular weight excluding hydrogens is 310 g/mol. The van der Waals surface area contributed by atoms with Crippen molar-refractivity contribution in [3.05, 3.63) is 48.0 Å². The van der Waals surface area contributed by atoms with Crippen LogP contribution in [0.15, 0.2) is 46.9 Å². The number of fused-ring (bicyclic) bond motifs is 1. The van der Waals surface area contributed by atoms with Crippen LogP contribution in [-0.2, 0) is 4.79 Å². The van der Waals surface area contributed by atoms with Crippen molar-refractivity contribution in [2.24, 2.45) is 0 Å². The van der Waals surface area contributed by atoms with Crippen LogP contribution in [0.5, 0.6) is 5.75 Å². The number of benzene rings is 2. The highest BCUT2D eigenvalue weighted by Crippen LogP contribution is 2.23. The molecule has 24 heavy (non-hydrogen) atoms. The van der Waals surface area contributed by atoms with E-state index >= 15 is 0 Å². The van der Waals surface area contributed by atoms with E-state index < -0.39 is 0 Å². The van der Waals surface area contributed by atoms with Crippen molar-refractivity contribution in [3.63, 3.8) is 0 Å². The second-order valence-corrected chi connectivity index (χ2v) is 5.07. The minimum Gasteiger partial charge on any atom is -0.497 e. The number of nitrogens with zero attached hydrogens (tertiary/aromatic N) is 1. The Balaban J connectivity index is 1.78. The molecule has 3 rings (SSSR count). The monoisotopic (exact) mass is 325 g/mol. The summed E-state index contributed by atoms with van der Waals surface area (Å²) in [5.74, 6) is 0.145. The zero-order chi connectivity index (χ0) is 17.1. The predicted molar refractivity (Wildman–Crippen MR) is 89.3 cm³/mol. The number of oxazole rings is 1. The highest BCUT2D eigenvalue weighted by Gasteiger charge is 2.12. The molecule has 0 aliphatic heterocycles. The maximum absolute atomic E-state index is 12.2. The third-order valence-corrected chi connectivity index (χ3v) is 3.28. The van der Waals surface area contributed by atoms with Gasteiger partial charge < -0.3 is 14.5 Å². The number of aromatic nitrogens is 1. The molecular formula is C17H15N3O4. The Morgan fingerprint density at radius 2 is 1.83 bits per heavy atom. The first kappa shape index (κ1) is 15.5. The van der Waals surface area contributed by atoms with Crippen LogP contribution >= 0.6 is 0 Å². The highest BCUT2D eigenvalue weighted by atomic mass is 16.5. The summed E-state index contributed by atoms with van der Waals surface area (Å²) >= 11 is 0. The lowest BCUT2D eigenvalue weighted by atomic mass is 10.2. The predicted octanol–water partition coefficient (Wildman–Crippen LogP) is 3.05. The van der Waals surface area contributed by atoms with Gasteiger partial charge in [0, 0.05) is 24.2 Å². The van der Waals surface area contributed by atoms with E-state index in [0.29, 0.717) is 28.1 Å². The van der Waals surface area contributed by atoms with E-state index in [0.717, 1.165) is 0 Å². The Labute approximate surface area is 137 Å². The van der Waals surface area contributed by atoms with E-state index in [1.807, 2.05) is 0 Å². The molecule has 0 saturated heterocycles. The Hall–Kier alpha value is -3.35. The summed E-state index contributed by atoms with van der Waals surface area (Å²) in [4.78, 5) is 27.5. The molecule has 0 saturated carbocycles. The van der Waals surface area contributed by atoms with E-state index in [9.17, 15) is 9.59 Å². The van der Waals surface area contributed by atoms with E-state index in [2.05, 4.69) is 15.6 Å². The SMILES string of the molecule is COc1ccc(C(=O)Nc2nc3ccc(NC(C)=O)cc3o2)cc1. The molecule has 0 atom stereocenters. The molecule has 122 valence electrons. The average molecular weight is 325 g/mol. The Morgan fingerprint density at radius 1 is 1.08 bits per heavy atom. The van der Waals surface area contributed by atoms with Crippen molar-refractivity contribution >= 4 is 34.6 Å². The van der Waals surface area contributed by atoms with Gasteiger partial charge in [0.15, 0.2) is 5.58 Å². The summed E-state index contributed by atoms with van der Waals surface area (Å²) in [7, 11) is 1.56. The van der Waals surface area contributed by atoms with Gasteiger partial charge in [0.2, 0.25) is 5.91 Å². The molecule has 1 aromatic heterocycles. The summed E-state index contributed by atoms with van der Waals surface area (Å²) in [6, 6.07) is 11.8. The summed E-state index contributed by atoms with van der Waals surface area (Å²) in [5.41, 5.74) is 2.09. The van der Waals surface area contributed by atoms with Gasteiger partial charge in [-0.15, -0.1) is 0 Å². The van der Waals surface area contributed by atoms with Crippen molar-refractivity contribution in [3.8, 4) is 5.75 Å². The second-order valence-electron chi connectivity index (χ2n) is 5.07. The average Bonchev–Trinajstić information content (AvgIpc) is 2.95. The molecule has 0 radical (unpaired) electrons. The molecule has 7 nitrogen and oxygen atoms in total. The van der Waals surface area contributed by atoms with Gasteiger partial charge in [-0.2, -0.15) is 4.98 Å². The first-order chi connectivity index (χ1) is 11.5. The fourth-order valence-corrected chi connectivity index (χ4v) is 2.17. The number of nitrogens with one attached hydrogen (secondary N) is 2. The van der Waals surface area contributed by atoms with Gasteiger partial charge in [-0.05, 0) is 36.4 Å². The number of carbonyl (C=O) groups is 2. The second kappa shape index (κ2) is 6.41. The number of amides is 2. The lowest BCUT2D eigenvalue weighted by Gasteiger charge is -2.02. The summed E-state index contributed by atoms with van der Waals surface area (Å²) in [6.45, 7) is 1.42. The van der Waals surface area contributed by atoms with Crippen molar-refractivity contribution in [2.45, 2.75) is 6.92 Å². The molecule has 2 aromatic carbocycles. The Kier molecular flexibility index (Phi) is 4.15. The molecule has 1 heterocycles. The van der Waals surface area contributed by atoms with E-state index in [1.165, 1.54) is 6.92 Å². The van der Waals surface area contributed by atoms with Crippen LogP contribution in [0.1, 0.15) is 17.3 Å². The number of ether oxygens (including phenoxy) is 1. The fourth-order valence-electron chi connectivity index (χ4n) is 2.17. The minimum atomic E-state index is -0.341. The summed E-state index contributed by atoms with van der Waals surface area (Å²) in [6.07, 6.45) is 0. The van der Waals surface area contributed by atoms with Crippen LogP contribution in [0.25, 0.3) is 11.1 Å². The van der Waals surface area contributed by atoms with Gasteiger partial charge in [0.25, 0.3) is 5.91 Å². The molecule has 0 spiro atoms. The van der Waals surface area contributed by atoms with Crippen LogP contribution in [0.4, 0.5) is 11.7 Å². The first-order valence-electron chi connectivity index (χ1n) is 7.19. The van der Waals surface area contributed by atoms with Crippen molar-refractivity contribution in [2.75, 3.05) is 17.7 Å². The number of carbonyl (C=O) groups excluding carboxylic acids is 2. The van der Waals surface area contributed by atoms with Crippen LogP contribution in [-0.4, -0.2) is 23.9 Å². The number of anilines is 2. The van der Waals surface area contributed by atoms with Gasteiger partial charge in [0.05, 0.1) is 7.11 Å². The van der Waals surface area contributed by atoms with Gasteiger partial charge >= 0.3 is 6.01 Å². The molecule has 2 amide bonds. The molecule has 0 bridgehead atoms. The summed E-state index contributed by atoms with van der Waals surface area (Å²) < 4.78 is 10.6. The van der Waals surface area contributed by atoms with Gasteiger partial charge in [0.1, 0.15) is 11.3 Å². The quantitative estimate of drug-likeness (QED) is 0.769. The molecule has 3 aromatic rings. The Morgan fingerprint density at radius 3 is 2.50 bits per heavy atom. The van der Waals surface area contributed by atoms with Gasteiger partial charge in [-0.25, -0.2) is 0 Å². The molecule has 0 fully saturated rings. The third kappa shape index (κ3) is 3.35. The van der Waals surface area contributed by atoms with Crippen molar-refractivity contribution < 1.29 is 18.7 Å². The number of hydrogen-bond acceptors (Lipinski definition) is 5. The van der Waals surface area contributed by atoms with Crippen LogP contribution in [0.2, 0.25) is 0 Å². The standard InChI is InChI=1S/C17H15N3O4/c1-10(21)18-12-5-8-14-15(9-12)24-17(19-14)20-16(22)11-3-6-13(23-2)7-4-11/h3-9H,1-2H3,(H,18,21)(H,19,20,22). The fraction of sp³-hybridized carbons (Fsp3) is 0.118. The largest absolute Gasteiger partial charge is 0.497 e. The lowest BCUT2D eigenvalue weighted by molar-refractivity contribution is -0.114. The van der Waals surface area contributed by atoms with Gasteiger partial charge in [-0.1, -0.05) is 0 Å². The van der Waals surface area contributed by atoms with Crippen LogP contribution < -0.4 is 15.4 Å². The molecule has 7 heteroatoms. The number of hydrogen-bond donors (Lipinski definition) is 2. The van der Waals surface area contributed by atoms with Gasteiger partial charge in [-0.3, -0.25) is 14.9 Å². The first-order valence-corrected chi connectivity index (χ1v) is 7.19. The van der Waals surface area contributed by atoms with Crippen LogP contribution in [0.3, 0.4) is 0 Å². The van der Waals surface area contributed by atoms with E-state index in [4.69, 9.17) is 9.15 Å².